The molecule has 0 spiro atoms. The maximum Gasteiger partial charge on any atom is 0.339 e. The number of carbonyl (C=O) groups excluding carboxylic acids is 5. The molecule has 0 radical (unpaired) electrons. The van der Waals surface area contributed by atoms with Crippen molar-refractivity contribution in [2.45, 2.75) is 24.4 Å². The summed E-state index contributed by atoms with van der Waals surface area (Å²) in [6.45, 7) is -0.747. The van der Waals surface area contributed by atoms with Crippen molar-refractivity contribution in [1.29, 1.82) is 5.26 Å². The van der Waals surface area contributed by atoms with E-state index in [-0.39, 0.29) is 27.8 Å². The second-order valence-electron chi connectivity index (χ2n) is 11.1. The van der Waals surface area contributed by atoms with Gasteiger partial charge in [-0.3, -0.25) is 0 Å². The summed E-state index contributed by atoms with van der Waals surface area (Å²) < 4.78 is 28.7. The molecule has 0 aromatic heterocycles. The van der Waals surface area contributed by atoms with Crippen LogP contribution in [0.1, 0.15) is 51.8 Å². The molecule has 5 aromatic rings. The first-order chi connectivity index (χ1) is 25.3. The lowest BCUT2D eigenvalue weighted by Crippen LogP contribution is -2.53. The molecular formula is C41H31NO10. The number of esters is 5. The first-order valence-corrected chi connectivity index (χ1v) is 16.0. The lowest BCUT2D eigenvalue weighted by atomic mass is 10.0. The zero-order valence-corrected chi connectivity index (χ0v) is 27.5. The Labute approximate surface area is 298 Å². The number of rotatable bonds is 14. The minimum Gasteiger partial charge on any atom is -0.458 e. The van der Waals surface area contributed by atoms with Crippen LogP contribution >= 0.6 is 0 Å². The number of carbonyl (C=O) groups is 5. The van der Waals surface area contributed by atoms with Crippen molar-refractivity contribution in [2.75, 3.05) is 6.61 Å². The van der Waals surface area contributed by atoms with Gasteiger partial charge in [-0.15, -0.1) is 0 Å². The molecule has 5 rings (SSSR count). The van der Waals surface area contributed by atoms with Crippen molar-refractivity contribution in [3.8, 4) is 6.07 Å². The molecule has 0 saturated heterocycles. The van der Waals surface area contributed by atoms with Gasteiger partial charge in [-0.25, -0.2) is 24.0 Å². The molecule has 5 aromatic carbocycles. The summed E-state index contributed by atoms with van der Waals surface area (Å²) in [5.74, 6) is -4.68. The smallest absolute Gasteiger partial charge is 0.339 e. The molecule has 0 unspecified atom stereocenters. The van der Waals surface area contributed by atoms with Gasteiger partial charge in [0.25, 0.3) is 0 Å². The number of ether oxygens (including phenoxy) is 5. The second kappa shape index (κ2) is 18.1. The van der Waals surface area contributed by atoms with E-state index in [1.54, 1.807) is 91.0 Å². The summed E-state index contributed by atoms with van der Waals surface area (Å²) in [6.07, 6.45) is -7.52. The van der Waals surface area contributed by atoms with E-state index in [1.807, 2.05) is 6.07 Å². The highest BCUT2D eigenvalue weighted by Crippen LogP contribution is 2.24. The topological polar surface area (TPSA) is 155 Å². The van der Waals surface area contributed by atoms with Crippen LogP contribution in [0.25, 0.3) is 0 Å². The quantitative estimate of drug-likeness (QED) is 0.0952. The molecule has 4 atom stereocenters. The first kappa shape index (κ1) is 36.2. The molecule has 0 aliphatic rings. The van der Waals surface area contributed by atoms with Crippen LogP contribution in [0.5, 0.6) is 0 Å². The summed E-state index contributed by atoms with van der Waals surface area (Å²) in [4.78, 5) is 67.2. The Balaban J connectivity index is 1.60. The molecule has 0 amide bonds. The zero-order chi connectivity index (χ0) is 36.7. The normalized spacial score (nSPS) is 12.8. The highest BCUT2D eigenvalue weighted by Gasteiger charge is 2.46. The molecule has 0 heterocycles. The molecule has 0 aliphatic heterocycles. The molecule has 11 nitrogen and oxygen atoms in total. The summed E-state index contributed by atoms with van der Waals surface area (Å²) in [6, 6.07) is 40.7. The van der Waals surface area contributed by atoms with Gasteiger partial charge in [-0.2, -0.15) is 5.26 Å². The average Bonchev–Trinajstić information content (AvgIpc) is 3.21. The van der Waals surface area contributed by atoms with Gasteiger partial charge in [0.1, 0.15) is 12.7 Å². The average molecular weight is 698 g/mol. The van der Waals surface area contributed by atoms with Crippen LogP contribution in [-0.4, -0.2) is 60.9 Å². The number of nitrogens with zero attached hydrogens (tertiary/aromatic N) is 1. The molecule has 0 fully saturated rings. The predicted molar refractivity (Wildman–Crippen MR) is 185 cm³/mol. The third-order valence-corrected chi connectivity index (χ3v) is 7.52. The van der Waals surface area contributed by atoms with E-state index in [2.05, 4.69) is 0 Å². The highest BCUT2D eigenvalue weighted by molar-refractivity contribution is 5.92. The molecule has 0 N–H and O–H groups in total. The van der Waals surface area contributed by atoms with E-state index >= 15 is 0 Å². The predicted octanol–water partition coefficient (Wildman–Crippen LogP) is 6.27. The van der Waals surface area contributed by atoms with Gasteiger partial charge in [-0.05, 0) is 60.7 Å². The minimum absolute atomic E-state index is 0.0417. The Hall–Kier alpha value is -7.06. The van der Waals surface area contributed by atoms with Gasteiger partial charge in [0.05, 0.1) is 27.8 Å². The Kier molecular flexibility index (Phi) is 12.6. The third-order valence-electron chi connectivity index (χ3n) is 7.52. The van der Waals surface area contributed by atoms with Gasteiger partial charge >= 0.3 is 29.8 Å². The Morgan fingerprint density at radius 3 is 1.10 bits per heavy atom. The number of nitriles is 1. The van der Waals surface area contributed by atoms with Crippen molar-refractivity contribution >= 4 is 29.8 Å². The highest BCUT2D eigenvalue weighted by atomic mass is 16.6. The zero-order valence-electron chi connectivity index (χ0n) is 27.5. The third kappa shape index (κ3) is 9.77. The first-order valence-electron chi connectivity index (χ1n) is 16.0. The molecule has 0 aliphatic carbocycles. The summed E-state index contributed by atoms with van der Waals surface area (Å²) in [7, 11) is 0. The molecule has 0 bridgehead atoms. The number of benzene rings is 5. The van der Waals surface area contributed by atoms with Crippen molar-refractivity contribution in [3.63, 3.8) is 0 Å². The van der Waals surface area contributed by atoms with E-state index in [0.717, 1.165) is 0 Å². The monoisotopic (exact) mass is 697 g/mol. The lowest BCUT2D eigenvalue weighted by Gasteiger charge is -2.34. The number of hydrogen-bond donors (Lipinski definition) is 0. The molecule has 52 heavy (non-hydrogen) atoms. The fourth-order valence-corrected chi connectivity index (χ4v) is 4.90. The van der Waals surface area contributed by atoms with Crippen LogP contribution in [0.3, 0.4) is 0 Å². The van der Waals surface area contributed by atoms with Crippen molar-refractivity contribution in [1.82, 2.24) is 0 Å². The van der Waals surface area contributed by atoms with E-state index in [1.165, 1.54) is 60.7 Å². The van der Waals surface area contributed by atoms with Gasteiger partial charge in [-0.1, -0.05) is 91.0 Å². The fraction of sp³-hybridized carbons (Fsp3) is 0.122. The van der Waals surface area contributed by atoms with Crippen LogP contribution in [0.2, 0.25) is 0 Å². The lowest BCUT2D eigenvalue weighted by molar-refractivity contribution is -0.122. The van der Waals surface area contributed by atoms with Gasteiger partial charge < -0.3 is 23.7 Å². The molecular weight excluding hydrogens is 666 g/mol. The largest absolute Gasteiger partial charge is 0.458 e. The van der Waals surface area contributed by atoms with Gasteiger partial charge in [0, 0.05) is 0 Å². The van der Waals surface area contributed by atoms with E-state index in [9.17, 15) is 29.2 Å². The Morgan fingerprint density at radius 2 is 0.731 bits per heavy atom. The van der Waals surface area contributed by atoms with Crippen molar-refractivity contribution in [2.24, 2.45) is 0 Å². The molecule has 0 saturated carbocycles. The summed E-state index contributed by atoms with van der Waals surface area (Å²) in [5, 5.41) is 10.4. The van der Waals surface area contributed by atoms with Crippen LogP contribution in [0.15, 0.2) is 152 Å². The number of hydrogen-bond acceptors (Lipinski definition) is 11. The fourth-order valence-electron chi connectivity index (χ4n) is 4.90. The van der Waals surface area contributed by atoms with Gasteiger partial charge in [0.2, 0.25) is 6.10 Å². The Bertz CT molecular complexity index is 2000. The summed E-state index contributed by atoms with van der Waals surface area (Å²) in [5.41, 5.74) is 0.398. The van der Waals surface area contributed by atoms with Crippen LogP contribution in [-0.2, 0) is 23.7 Å². The Morgan fingerprint density at radius 1 is 0.423 bits per heavy atom. The summed E-state index contributed by atoms with van der Waals surface area (Å²) >= 11 is 0. The SMILES string of the molecule is N#C[C@H](OC(=O)c1ccccc1)[C@@H](OC(=O)c1ccccc1)[C@H](OC(=O)c1ccccc1)[C@@H](COC(=O)c1ccccc1)OC(=O)c1ccccc1. The van der Waals surface area contributed by atoms with E-state index < -0.39 is 60.9 Å². The maximum atomic E-state index is 13.7. The van der Waals surface area contributed by atoms with Crippen molar-refractivity contribution < 1.29 is 47.7 Å². The maximum absolute atomic E-state index is 13.7. The van der Waals surface area contributed by atoms with Crippen LogP contribution in [0.4, 0.5) is 0 Å². The van der Waals surface area contributed by atoms with E-state index in [0.29, 0.717) is 0 Å². The molecule has 11 heteroatoms. The minimum atomic E-state index is -1.95. The van der Waals surface area contributed by atoms with E-state index in [4.69, 9.17) is 23.7 Å². The standard InChI is InChI=1S/C41H31NO10/c42-26-33(49-38(44)29-18-8-2-9-19-29)35(51-40(46)31-22-12-4-13-23-31)36(52-41(47)32-24-14-5-15-25-32)34(50-39(45)30-20-10-3-11-21-30)27-48-37(43)28-16-6-1-7-17-28/h1-25,33-36H,27H2/t33-,34+,35+,36+/m0/s1. The van der Waals surface area contributed by atoms with Crippen LogP contribution < -0.4 is 0 Å². The van der Waals surface area contributed by atoms with Crippen molar-refractivity contribution in [3.05, 3.63) is 179 Å². The van der Waals surface area contributed by atoms with Gasteiger partial charge in [0.15, 0.2) is 18.3 Å². The molecule has 260 valence electrons. The van der Waals surface area contributed by atoms with Crippen LogP contribution in [0, 0.1) is 11.3 Å². The second-order valence-corrected chi connectivity index (χ2v) is 11.1.